The third-order valence-corrected chi connectivity index (χ3v) is 6.53. The molecule has 3 aromatic carbocycles. The molecule has 3 nitrogen and oxygen atoms in total. The minimum atomic E-state index is -1.19. The first-order valence-electron chi connectivity index (χ1n) is 11.5. The Kier molecular flexibility index (Phi) is 7.85. The van der Waals surface area contributed by atoms with Gasteiger partial charge < -0.3 is 14.6 Å². The second-order valence-corrected chi connectivity index (χ2v) is 8.79. The van der Waals surface area contributed by atoms with E-state index in [-0.39, 0.29) is 12.0 Å². The van der Waals surface area contributed by atoms with Gasteiger partial charge >= 0.3 is 0 Å². The van der Waals surface area contributed by atoms with Crippen LogP contribution in [0.15, 0.2) is 84.9 Å². The lowest BCUT2D eigenvalue weighted by atomic mass is 9.71. The third kappa shape index (κ3) is 5.17. The zero-order valence-corrected chi connectivity index (χ0v) is 19.1. The number of ether oxygens (including phenoxy) is 2. The Morgan fingerprint density at radius 1 is 0.938 bits per heavy atom. The second kappa shape index (κ2) is 11.0. The van der Waals surface area contributed by atoms with Crippen LogP contribution in [0.1, 0.15) is 48.3 Å². The van der Waals surface area contributed by atoms with Gasteiger partial charge in [-0.25, -0.2) is 0 Å². The first-order valence-corrected chi connectivity index (χ1v) is 12.0. The van der Waals surface area contributed by atoms with Gasteiger partial charge in [-0.1, -0.05) is 72.8 Å². The van der Waals surface area contributed by atoms with E-state index < -0.39 is 5.60 Å². The van der Waals surface area contributed by atoms with Crippen molar-refractivity contribution in [1.29, 1.82) is 0 Å². The molecule has 32 heavy (non-hydrogen) atoms. The summed E-state index contributed by atoms with van der Waals surface area (Å²) in [4.78, 5) is 0. The van der Waals surface area contributed by atoms with E-state index in [0.717, 1.165) is 54.7 Å². The maximum atomic E-state index is 12.4. The van der Waals surface area contributed by atoms with Gasteiger partial charge in [0.05, 0.1) is 6.61 Å². The fraction of sp³-hybridized carbons (Fsp3) is 0.357. The summed E-state index contributed by atoms with van der Waals surface area (Å²) in [7, 11) is 0. The smallest absolute Gasteiger partial charge is 0.122 e. The molecule has 0 saturated carbocycles. The van der Waals surface area contributed by atoms with Crippen LogP contribution < -0.4 is 4.74 Å². The summed E-state index contributed by atoms with van der Waals surface area (Å²) in [5, 5.41) is 12.4. The molecule has 0 spiro atoms. The maximum Gasteiger partial charge on any atom is 0.122 e. The highest BCUT2D eigenvalue weighted by atomic mass is 35.5. The van der Waals surface area contributed by atoms with Gasteiger partial charge in [0, 0.05) is 18.4 Å². The number of alkyl halides is 1. The van der Waals surface area contributed by atoms with Crippen LogP contribution in [-0.2, 0) is 10.3 Å². The fourth-order valence-corrected chi connectivity index (χ4v) is 4.78. The van der Waals surface area contributed by atoms with Crippen LogP contribution >= 0.6 is 11.6 Å². The van der Waals surface area contributed by atoms with E-state index in [1.807, 2.05) is 72.8 Å². The normalized spacial score (nSPS) is 19.1. The molecule has 0 radical (unpaired) electrons. The molecule has 0 aromatic heterocycles. The zero-order valence-electron chi connectivity index (χ0n) is 18.3. The Balaban J connectivity index is 1.71. The molecule has 1 fully saturated rings. The van der Waals surface area contributed by atoms with Crippen molar-refractivity contribution in [2.24, 2.45) is 0 Å². The molecule has 168 valence electrons. The minimum Gasteiger partial charge on any atom is -0.488 e. The highest BCUT2D eigenvalue weighted by molar-refractivity contribution is 6.17. The number of rotatable bonds is 9. The lowest BCUT2D eigenvalue weighted by Gasteiger charge is -2.38. The predicted molar refractivity (Wildman–Crippen MR) is 129 cm³/mol. The van der Waals surface area contributed by atoms with E-state index in [1.165, 1.54) is 0 Å². The summed E-state index contributed by atoms with van der Waals surface area (Å²) in [5.41, 5.74) is 1.63. The van der Waals surface area contributed by atoms with Crippen LogP contribution in [0.3, 0.4) is 0 Å². The Morgan fingerprint density at radius 2 is 1.59 bits per heavy atom. The SMILES string of the molecule is OC(c1ccccc1)(c1ccc(OC2CCCOC2)cc1)C(CCCCl)c1ccccc1. The summed E-state index contributed by atoms with van der Waals surface area (Å²) in [6.45, 7) is 1.44. The van der Waals surface area contributed by atoms with Gasteiger partial charge in [-0.2, -0.15) is 0 Å². The molecule has 1 aliphatic rings. The van der Waals surface area contributed by atoms with E-state index in [0.29, 0.717) is 12.5 Å². The van der Waals surface area contributed by atoms with E-state index >= 15 is 0 Å². The van der Waals surface area contributed by atoms with E-state index in [9.17, 15) is 5.11 Å². The van der Waals surface area contributed by atoms with Crippen LogP contribution in [0.5, 0.6) is 5.75 Å². The maximum absolute atomic E-state index is 12.4. The molecule has 1 N–H and O–H groups in total. The Bertz CT molecular complexity index is 939. The summed E-state index contributed by atoms with van der Waals surface area (Å²) >= 11 is 6.08. The fourth-order valence-electron chi connectivity index (χ4n) is 4.63. The van der Waals surface area contributed by atoms with Crippen molar-refractivity contribution >= 4 is 11.6 Å². The summed E-state index contributed by atoms with van der Waals surface area (Å²) in [6, 6.07) is 28.1. The van der Waals surface area contributed by atoms with Gasteiger partial charge in [0.1, 0.15) is 17.5 Å². The molecule has 0 bridgehead atoms. The van der Waals surface area contributed by atoms with Crippen LogP contribution in [0.2, 0.25) is 0 Å². The van der Waals surface area contributed by atoms with Gasteiger partial charge in [0.25, 0.3) is 0 Å². The molecule has 3 aromatic rings. The Labute approximate surface area is 196 Å². The van der Waals surface area contributed by atoms with E-state index in [4.69, 9.17) is 21.1 Å². The highest BCUT2D eigenvalue weighted by Crippen LogP contribution is 2.45. The summed E-state index contributed by atoms with van der Waals surface area (Å²) < 4.78 is 11.6. The quantitative estimate of drug-likeness (QED) is 0.390. The number of hydrogen-bond acceptors (Lipinski definition) is 3. The minimum absolute atomic E-state index is 0.0865. The second-order valence-electron chi connectivity index (χ2n) is 8.41. The molecule has 0 amide bonds. The van der Waals surface area contributed by atoms with Crippen molar-refractivity contribution in [3.05, 3.63) is 102 Å². The molecule has 4 rings (SSSR count). The molecular weight excluding hydrogens is 420 g/mol. The first kappa shape index (κ1) is 22.8. The highest BCUT2D eigenvalue weighted by Gasteiger charge is 2.40. The van der Waals surface area contributed by atoms with Crippen molar-refractivity contribution < 1.29 is 14.6 Å². The lowest BCUT2D eigenvalue weighted by molar-refractivity contribution is 0.00730. The van der Waals surface area contributed by atoms with Gasteiger partial charge in [0.15, 0.2) is 0 Å². The summed E-state index contributed by atoms with van der Waals surface area (Å²) in [5.74, 6) is 1.23. The monoisotopic (exact) mass is 450 g/mol. The van der Waals surface area contributed by atoms with Crippen LogP contribution in [-0.4, -0.2) is 30.3 Å². The summed E-state index contributed by atoms with van der Waals surface area (Å²) in [6.07, 6.45) is 3.71. The third-order valence-electron chi connectivity index (χ3n) is 6.26. The Morgan fingerprint density at radius 3 is 2.22 bits per heavy atom. The molecular formula is C28H31ClO3. The van der Waals surface area contributed by atoms with Gasteiger partial charge in [-0.15, -0.1) is 11.6 Å². The molecule has 0 aliphatic carbocycles. The van der Waals surface area contributed by atoms with Crippen molar-refractivity contribution in [2.75, 3.05) is 19.1 Å². The lowest BCUT2D eigenvalue weighted by Crippen LogP contribution is -2.35. The van der Waals surface area contributed by atoms with Crippen molar-refractivity contribution in [3.8, 4) is 5.75 Å². The number of hydrogen-bond donors (Lipinski definition) is 1. The predicted octanol–water partition coefficient (Wildman–Crippen LogP) is 6.28. The molecule has 3 unspecified atom stereocenters. The molecule has 4 heteroatoms. The van der Waals surface area contributed by atoms with Gasteiger partial charge in [0.2, 0.25) is 0 Å². The van der Waals surface area contributed by atoms with Crippen LogP contribution in [0, 0.1) is 0 Å². The van der Waals surface area contributed by atoms with Gasteiger partial charge in [-0.3, -0.25) is 0 Å². The number of aliphatic hydroxyl groups is 1. The van der Waals surface area contributed by atoms with Crippen molar-refractivity contribution in [1.82, 2.24) is 0 Å². The molecule has 1 saturated heterocycles. The molecule has 1 aliphatic heterocycles. The average molecular weight is 451 g/mol. The topological polar surface area (TPSA) is 38.7 Å². The van der Waals surface area contributed by atoms with Crippen molar-refractivity contribution in [2.45, 2.75) is 43.3 Å². The zero-order chi connectivity index (χ0) is 22.2. The van der Waals surface area contributed by atoms with Crippen molar-refractivity contribution in [3.63, 3.8) is 0 Å². The van der Waals surface area contributed by atoms with E-state index in [2.05, 4.69) is 12.1 Å². The van der Waals surface area contributed by atoms with E-state index in [1.54, 1.807) is 0 Å². The number of halogens is 1. The standard InChI is InChI=1S/C28H31ClO3/c29-19-7-14-27(22-9-3-1-4-10-22)28(30,23-11-5-2-6-12-23)24-15-17-25(18-16-24)32-26-13-8-20-31-21-26/h1-6,9-12,15-18,26-27,30H,7-8,13-14,19-21H2. The van der Waals surface area contributed by atoms with Crippen LogP contribution in [0.4, 0.5) is 0 Å². The number of benzene rings is 3. The first-order chi connectivity index (χ1) is 15.7. The molecule has 3 atom stereocenters. The average Bonchev–Trinajstić information content (AvgIpc) is 2.86. The van der Waals surface area contributed by atoms with Crippen LogP contribution in [0.25, 0.3) is 0 Å². The van der Waals surface area contributed by atoms with Gasteiger partial charge in [-0.05, 0) is 54.5 Å². The largest absolute Gasteiger partial charge is 0.488 e. The Hall–Kier alpha value is -2.33. The molecule has 1 heterocycles.